The zero-order valence-corrected chi connectivity index (χ0v) is 11.6. The highest BCUT2D eigenvalue weighted by Gasteiger charge is 2.19. The van der Waals surface area contributed by atoms with Gasteiger partial charge in [0.1, 0.15) is 0 Å². The lowest BCUT2D eigenvalue weighted by Gasteiger charge is -2.34. The Hall–Kier alpha value is 0.360. The number of alkyl halides is 1. The van der Waals surface area contributed by atoms with Crippen LogP contribution in [0.3, 0.4) is 0 Å². The van der Waals surface area contributed by atoms with Gasteiger partial charge < -0.3 is 9.64 Å². The van der Waals surface area contributed by atoms with E-state index in [9.17, 15) is 0 Å². The van der Waals surface area contributed by atoms with Crippen LogP contribution < -0.4 is 0 Å². The van der Waals surface area contributed by atoms with Crippen molar-refractivity contribution in [2.24, 2.45) is 0 Å². The zero-order valence-electron chi connectivity index (χ0n) is 10.0. The number of hydrogen-bond acceptors (Lipinski definition) is 3. The molecule has 2 saturated heterocycles. The van der Waals surface area contributed by atoms with Gasteiger partial charge in [0.2, 0.25) is 0 Å². The fraction of sp³-hybridized carbons (Fsp3) is 1.00. The molecule has 94 valence electrons. The summed E-state index contributed by atoms with van der Waals surface area (Å²) in [4.78, 5) is 5.13. The predicted octanol–water partition coefficient (Wildman–Crippen LogP) is 1.57. The molecule has 1 unspecified atom stereocenters. The van der Waals surface area contributed by atoms with Gasteiger partial charge >= 0.3 is 0 Å². The molecule has 0 aromatic heterocycles. The molecular formula is C12H23BrN2O. The van der Waals surface area contributed by atoms with Gasteiger partial charge in [-0.3, -0.25) is 4.90 Å². The Labute approximate surface area is 107 Å². The number of piperazine rings is 1. The molecule has 0 aromatic rings. The molecule has 2 fully saturated rings. The normalized spacial score (nSPS) is 28.7. The van der Waals surface area contributed by atoms with Gasteiger partial charge in [0.05, 0.1) is 6.10 Å². The minimum atomic E-state index is 0.556. The first-order chi connectivity index (χ1) is 7.88. The van der Waals surface area contributed by atoms with Crippen molar-refractivity contribution in [3.63, 3.8) is 0 Å². The number of rotatable bonds is 5. The number of halogens is 1. The number of hydrogen-bond donors (Lipinski definition) is 0. The summed E-state index contributed by atoms with van der Waals surface area (Å²) in [5.74, 6) is 0. The van der Waals surface area contributed by atoms with Crippen LogP contribution in [0.15, 0.2) is 0 Å². The average Bonchev–Trinajstić information content (AvgIpc) is 2.82. The number of nitrogens with zero attached hydrogens (tertiary/aromatic N) is 2. The fourth-order valence-electron chi connectivity index (χ4n) is 2.55. The average molecular weight is 291 g/mol. The lowest BCUT2D eigenvalue weighted by molar-refractivity contribution is 0.0788. The zero-order chi connectivity index (χ0) is 11.2. The van der Waals surface area contributed by atoms with E-state index in [0.29, 0.717) is 6.10 Å². The summed E-state index contributed by atoms with van der Waals surface area (Å²) < 4.78 is 5.66. The van der Waals surface area contributed by atoms with Crippen molar-refractivity contribution in [1.29, 1.82) is 0 Å². The topological polar surface area (TPSA) is 15.7 Å². The standard InChI is InChI=1S/C12H23BrN2O/c13-4-6-15-9-7-14(8-10-15)5-3-12-2-1-11-16-12/h12H,1-11H2. The molecule has 0 radical (unpaired) electrons. The van der Waals surface area contributed by atoms with Crippen LogP contribution in [0, 0.1) is 0 Å². The Morgan fingerprint density at radius 3 is 2.31 bits per heavy atom. The first-order valence-corrected chi connectivity index (χ1v) is 7.63. The molecule has 2 aliphatic heterocycles. The lowest BCUT2D eigenvalue weighted by atomic mass is 10.1. The molecule has 2 heterocycles. The minimum Gasteiger partial charge on any atom is -0.378 e. The molecule has 2 rings (SSSR count). The molecule has 4 heteroatoms. The van der Waals surface area contributed by atoms with Crippen molar-refractivity contribution in [3.8, 4) is 0 Å². The molecule has 0 amide bonds. The summed E-state index contributed by atoms with van der Waals surface area (Å²) in [5, 5.41) is 1.10. The summed E-state index contributed by atoms with van der Waals surface area (Å²) in [7, 11) is 0. The molecule has 16 heavy (non-hydrogen) atoms. The van der Waals surface area contributed by atoms with Crippen molar-refractivity contribution in [1.82, 2.24) is 9.80 Å². The second-order valence-corrected chi connectivity index (χ2v) is 5.59. The highest BCUT2D eigenvalue weighted by Crippen LogP contribution is 2.16. The van der Waals surface area contributed by atoms with Crippen LogP contribution in [0.25, 0.3) is 0 Å². The van der Waals surface area contributed by atoms with Crippen LogP contribution in [-0.4, -0.2) is 67.1 Å². The monoisotopic (exact) mass is 290 g/mol. The Morgan fingerprint density at radius 2 is 1.75 bits per heavy atom. The van der Waals surface area contributed by atoms with E-state index < -0.39 is 0 Å². The van der Waals surface area contributed by atoms with E-state index in [2.05, 4.69) is 25.7 Å². The van der Waals surface area contributed by atoms with Gasteiger partial charge in [-0.05, 0) is 19.3 Å². The smallest absolute Gasteiger partial charge is 0.0588 e. The summed E-state index contributed by atoms with van der Waals surface area (Å²) in [5.41, 5.74) is 0. The largest absolute Gasteiger partial charge is 0.378 e. The van der Waals surface area contributed by atoms with Crippen molar-refractivity contribution in [2.75, 3.05) is 51.2 Å². The molecule has 0 saturated carbocycles. The Kier molecular flexibility index (Phi) is 5.56. The van der Waals surface area contributed by atoms with E-state index in [1.54, 1.807) is 0 Å². The minimum absolute atomic E-state index is 0.556. The fourth-order valence-corrected chi connectivity index (χ4v) is 3.06. The molecule has 0 aromatic carbocycles. The summed E-state index contributed by atoms with van der Waals surface area (Å²) >= 11 is 3.50. The van der Waals surface area contributed by atoms with Crippen LogP contribution in [0.1, 0.15) is 19.3 Å². The third-order valence-electron chi connectivity index (χ3n) is 3.66. The Bertz CT molecular complexity index is 189. The van der Waals surface area contributed by atoms with E-state index in [0.717, 1.165) is 11.9 Å². The predicted molar refractivity (Wildman–Crippen MR) is 70.3 cm³/mol. The molecule has 0 bridgehead atoms. The highest BCUT2D eigenvalue weighted by molar-refractivity contribution is 9.09. The third-order valence-corrected chi connectivity index (χ3v) is 4.01. The van der Waals surface area contributed by atoms with E-state index >= 15 is 0 Å². The second-order valence-electron chi connectivity index (χ2n) is 4.80. The van der Waals surface area contributed by atoms with E-state index in [1.807, 2.05) is 0 Å². The Morgan fingerprint density at radius 1 is 1.06 bits per heavy atom. The Balaban J connectivity index is 1.57. The van der Waals surface area contributed by atoms with Crippen LogP contribution in [0.5, 0.6) is 0 Å². The van der Waals surface area contributed by atoms with E-state index in [1.165, 1.54) is 58.5 Å². The van der Waals surface area contributed by atoms with Crippen LogP contribution >= 0.6 is 15.9 Å². The van der Waals surface area contributed by atoms with Crippen molar-refractivity contribution in [3.05, 3.63) is 0 Å². The highest BCUT2D eigenvalue weighted by atomic mass is 79.9. The molecule has 0 aliphatic carbocycles. The number of ether oxygens (including phenoxy) is 1. The van der Waals surface area contributed by atoms with Gasteiger partial charge in [0.15, 0.2) is 0 Å². The summed E-state index contributed by atoms with van der Waals surface area (Å²) in [6.45, 7) is 8.35. The maximum atomic E-state index is 5.66. The van der Waals surface area contributed by atoms with Gasteiger partial charge in [0, 0.05) is 51.2 Å². The molecule has 0 spiro atoms. The molecule has 2 aliphatic rings. The maximum absolute atomic E-state index is 5.66. The van der Waals surface area contributed by atoms with Crippen LogP contribution in [-0.2, 0) is 4.74 Å². The van der Waals surface area contributed by atoms with Gasteiger partial charge in [-0.25, -0.2) is 0 Å². The van der Waals surface area contributed by atoms with E-state index in [-0.39, 0.29) is 0 Å². The SMILES string of the molecule is BrCCN1CCN(CCC2CCCO2)CC1. The maximum Gasteiger partial charge on any atom is 0.0588 e. The molecular weight excluding hydrogens is 268 g/mol. The second kappa shape index (κ2) is 6.94. The molecule has 3 nitrogen and oxygen atoms in total. The van der Waals surface area contributed by atoms with Crippen molar-refractivity contribution < 1.29 is 4.74 Å². The summed E-state index contributed by atoms with van der Waals surface area (Å²) in [6, 6.07) is 0. The van der Waals surface area contributed by atoms with Gasteiger partial charge in [0.25, 0.3) is 0 Å². The summed E-state index contributed by atoms with van der Waals surface area (Å²) in [6.07, 6.45) is 4.34. The van der Waals surface area contributed by atoms with E-state index in [4.69, 9.17) is 4.74 Å². The van der Waals surface area contributed by atoms with Gasteiger partial charge in [-0.2, -0.15) is 0 Å². The van der Waals surface area contributed by atoms with Gasteiger partial charge in [-0.1, -0.05) is 15.9 Å². The van der Waals surface area contributed by atoms with Crippen LogP contribution in [0.2, 0.25) is 0 Å². The quantitative estimate of drug-likeness (QED) is 0.715. The first kappa shape index (κ1) is 12.8. The third kappa shape index (κ3) is 3.99. The van der Waals surface area contributed by atoms with Crippen LogP contribution in [0.4, 0.5) is 0 Å². The van der Waals surface area contributed by atoms with Crippen molar-refractivity contribution in [2.45, 2.75) is 25.4 Å². The molecule has 0 N–H and O–H groups in total. The van der Waals surface area contributed by atoms with Crippen molar-refractivity contribution >= 4 is 15.9 Å². The lowest BCUT2D eigenvalue weighted by Crippen LogP contribution is -2.47. The first-order valence-electron chi connectivity index (χ1n) is 6.51. The molecule has 1 atom stereocenters. The van der Waals surface area contributed by atoms with Gasteiger partial charge in [-0.15, -0.1) is 0 Å².